The smallest absolute Gasteiger partial charge is 0.290 e. The number of aryl methyl sites for hydroxylation is 2. The standard InChI is InChI=1S/C21H22FN5O2/c1-14-13-18(29-16-8-6-15(22)7-9-16)25-19(24-14)17-5-3-4-11-27(17)21(28)20-23-10-12-26(20)2/h6-10,12-13,17H,3-5,11H2,1-2H3/t17-/m0/s1. The number of hydrogen-bond acceptors (Lipinski definition) is 5. The summed E-state index contributed by atoms with van der Waals surface area (Å²) in [4.78, 5) is 28.2. The second-order valence-corrected chi connectivity index (χ2v) is 7.13. The van der Waals surface area contributed by atoms with Crippen LogP contribution in [-0.4, -0.2) is 36.9 Å². The third-order valence-electron chi connectivity index (χ3n) is 4.96. The van der Waals surface area contributed by atoms with Crippen LogP contribution in [0.25, 0.3) is 0 Å². The van der Waals surface area contributed by atoms with Gasteiger partial charge in [-0.3, -0.25) is 4.79 Å². The minimum atomic E-state index is -0.331. The molecule has 0 aliphatic carbocycles. The second kappa shape index (κ2) is 7.98. The molecule has 4 rings (SSSR count). The van der Waals surface area contributed by atoms with E-state index in [0.29, 0.717) is 29.8 Å². The van der Waals surface area contributed by atoms with Gasteiger partial charge in [-0.15, -0.1) is 0 Å². The molecule has 1 atom stereocenters. The van der Waals surface area contributed by atoms with Crippen molar-refractivity contribution in [2.75, 3.05) is 6.54 Å². The Hall–Kier alpha value is -3.29. The van der Waals surface area contributed by atoms with Gasteiger partial charge in [-0.2, -0.15) is 4.98 Å². The number of hydrogen-bond donors (Lipinski definition) is 0. The highest BCUT2D eigenvalue weighted by Crippen LogP contribution is 2.32. The minimum absolute atomic E-state index is 0.131. The van der Waals surface area contributed by atoms with E-state index in [1.54, 1.807) is 47.1 Å². The summed E-state index contributed by atoms with van der Waals surface area (Å²) in [6.07, 6.45) is 6.06. The monoisotopic (exact) mass is 395 g/mol. The van der Waals surface area contributed by atoms with Gasteiger partial charge < -0.3 is 14.2 Å². The molecule has 0 N–H and O–H groups in total. The van der Waals surface area contributed by atoms with Crippen LogP contribution in [0.1, 0.15) is 47.4 Å². The lowest BCUT2D eigenvalue weighted by molar-refractivity contribution is 0.0582. The van der Waals surface area contributed by atoms with Crippen molar-refractivity contribution in [3.8, 4) is 11.6 Å². The van der Waals surface area contributed by atoms with Crippen LogP contribution < -0.4 is 4.74 Å². The molecule has 29 heavy (non-hydrogen) atoms. The van der Waals surface area contributed by atoms with E-state index in [4.69, 9.17) is 4.74 Å². The Morgan fingerprint density at radius 1 is 1.21 bits per heavy atom. The number of nitrogens with zero attached hydrogens (tertiary/aromatic N) is 5. The van der Waals surface area contributed by atoms with Crippen LogP contribution in [0, 0.1) is 12.7 Å². The molecule has 1 amide bonds. The molecule has 1 saturated heterocycles. The fraction of sp³-hybridized carbons (Fsp3) is 0.333. The zero-order valence-electron chi connectivity index (χ0n) is 16.4. The van der Waals surface area contributed by atoms with E-state index in [0.717, 1.165) is 25.0 Å². The molecule has 150 valence electrons. The first kappa shape index (κ1) is 19.0. The number of carbonyl (C=O) groups excluding carboxylic acids is 1. The number of aromatic nitrogens is 4. The number of rotatable bonds is 4. The molecule has 8 heteroatoms. The van der Waals surface area contributed by atoms with E-state index in [9.17, 15) is 9.18 Å². The van der Waals surface area contributed by atoms with Crippen LogP contribution in [0.4, 0.5) is 4.39 Å². The van der Waals surface area contributed by atoms with Crippen molar-refractivity contribution in [1.82, 2.24) is 24.4 Å². The molecular weight excluding hydrogens is 373 g/mol. The van der Waals surface area contributed by atoms with Gasteiger partial charge in [-0.1, -0.05) is 0 Å². The van der Waals surface area contributed by atoms with Crippen LogP contribution in [0.5, 0.6) is 11.6 Å². The fourth-order valence-corrected chi connectivity index (χ4v) is 3.53. The Balaban J connectivity index is 1.63. The van der Waals surface area contributed by atoms with Crippen LogP contribution in [0.2, 0.25) is 0 Å². The van der Waals surface area contributed by atoms with E-state index in [1.807, 2.05) is 6.92 Å². The summed E-state index contributed by atoms with van der Waals surface area (Å²) in [5, 5.41) is 0. The van der Waals surface area contributed by atoms with Gasteiger partial charge in [-0.25, -0.2) is 14.4 Å². The van der Waals surface area contributed by atoms with Crippen molar-refractivity contribution < 1.29 is 13.9 Å². The maximum Gasteiger partial charge on any atom is 0.290 e. The molecule has 0 radical (unpaired) electrons. The number of benzene rings is 1. The molecule has 1 aliphatic heterocycles. The number of halogens is 1. The Morgan fingerprint density at radius 2 is 2.00 bits per heavy atom. The highest BCUT2D eigenvalue weighted by atomic mass is 19.1. The predicted molar refractivity (Wildman–Crippen MR) is 104 cm³/mol. The van der Waals surface area contributed by atoms with E-state index in [-0.39, 0.29) is 17.8 Å². The number of carbonyl (C=O) groups is 1. The van der Waals surface area contributed by atoms with Gasteiger partial charge in [-0.05, 0) is 50.5 Å². The first-order valence-corrected chi connectivity index (χ1v) is 9.58. The third kappa shape index (κ3) is 4.11. The molecule has 1 fully saturated rings. The van der Waals surface area contributed by atoms with Gasteiger partial charge in [0, 0.05) is 37.7 Å². The molecular formula is C21H22FN5O2. The second-order valence-electron chi connectivity index (χ2n) is 7.13. The summed E-state index contributed by atoms with van der Waals surface area (Å²) in [6.45, 7) is 2.48. The van der Waals surface area contributed by atoms with Crippen molar-refractivity contribution in [2.45, 2.75) is 32.2 Å². The van der Waals surface area contributed by atoms with Crippen LogP contribution in [-0.2, 0) is 7.05 Å². The molecule has 0 spiro atoms. The zero-order valence-corrected chi connectivity index (χ0v) is 16.4. The lowest BCUT2D eigenvalue weighted by Gasteiger charge is -2.34. The SMILES string of the molecule is Cc1cc(Oc2ccc(F)cc2)nc([C@@H]2CCCCN2C(=O)c2nccn2C)n1. The summed E-state index contributed by atoms with van der Waals surface area (Å²) < 4.78 is 20.6. The lowest BCUT2D eigenvalue weighted by Crippen LogP contribution is -2.40. The van der Waals surface area contributed by atoms with Crippen LogP contribution in [0.15, 0.2) is 42.7 Å². The molecule has 0 saturated carbocycles. The zero-order chi connectivity index (χ0) is 20.4. The summed E-state index contributed by atoms with van der Waals surface area (Å²) in [5.41, 5.74) is 0.738. The highest BCUT2D eigenvalue weighted by Gasteiger charge is 2.32. The molecule has 0 bridgehead atoms. The number of piperidine rings is 1. The quantitative estimate of drug-likeness (QED) is 0.672. The molecule has 3 aromatic rings. The van der Waals surface area contributed by atoms with Crippen LogP contribution >= 0.6 is 0 Å². The number of imidazole rings is 1. The van der Waals surface area contributed by atoms with Gasteiger partial charge in [0.05, 0.1) is 6.04 Å². The average molecular weight is 395 g/mol. The maximum atomic E-state index is 13.1. The van der Waals surface area contributed by atoms with Gasteiger partial charge in [0.15, 0.2) is 11.6 Å². The topological polar surface area (TPSA) is 73.1 Å². The molecule has 2 aromatic heterocycles. The molecule has 3 heterocycles. The largest absolute Gasteiger partial charge is 0.439 e. The van der Waals surface area contributed by atoms with Crippen LogP contribution in [0.3, 0.4) is 0 Å². The van der Waals surface area contributed by atoms with Gasteiger partial charge in [0.2, 0.25) is 5.88 Å². The fourth-order valence-electron chi connectivity index (χ4n) is 3.53. The number of amides is 1. The lowest BCUT2D eigenvalue weighted by atomic mass is 10.0. The first-order valence-electron chi connectivity index (χ1n) is 9.58. The van der Waals surface area contributed by atoms with Crippen molar-refractivity contribution in [2.24, 2.45) is 7.05 Å². The number of ether oxygens (including phenoxy) is 1. The average Bonchev–Trinajstić information content (AvgIpc) is 3.15. The number of likely N-dealkylation sites (tertiary alicyclic amines) is 1. The Labute approximate surface area is 168 Å². The summed E-state index contributed by atoms with van der Waals surface area (Å²) >= 11 is 0. The molecule has 1 aliphatic rings. The Bertz CT molecular complexity index is 1020. The van der Waals surface area contributed by atoms with E-state index < -0.39 is 0 Å². The Morgan fingerprint density at radius 3 is 2.72 bits per heavy atom. The predicted octanol–water partition coefficient (Wildman–Crippen LogP) is 3.82. The molecule has 1 aromatic carbocycles. The van der Waals surface area contributed by atoms with Crippen molar-refractivity contribution >= 4 is 5.91 Å². The van der Waals surface area contributed by atoms with E-state index in [1.165, 1.54) is 12.1 Å². The minimum Gasteiger partial charge on any atom is -0.439 e. The summed E-state index contributed by atoms with van der Waals surface area (Å²) in [6, 6.07) is 7.23. The Kier molecular flexibility index (Phi) is 5.24. The normalized spacial score (nSPS) is 16.7. The van der Waals surface area contributed by atoms with Crippen molar-refractivity contribution in [3.05, 3.63) is 65.9 Å². The third-order valence-corrected chi connectivity index (χ3v) is 4.96. The summed E-state index contributed by atoms with van der Waals surface area (Å²) in [7, 11) is 1.80. The van der Waals surface area contributed by atoms with Gasteiger partial charge >= 0.3 is 0 Å². The maximum absolute atomic E-state index is 13.1. The van der Waals surface area contributed by atoms with Gasteiger partial charge in [0.25, 0.3) is 5.91 Å². The molecule has 7 nitrogen and oxygen atoms in total. The molecule has 0 unspecified atom stereocenters. The van der Waals surface area contributed by atoms with E-state index >= 15 is 0 Å². The van der Waals surface area contributed by atoms with Crippen molar-refractivity contribution in [3.63, 3.8) is 0 Å². The summed E-state index contributed by atoms with van der Waals surface area (Å²) in [5.74, 6) is 1.33. The van der Waals surface area contributed by atoms with Gasteiger partial charge in [0.1, 0.15) is 11.6 Å². The van der Waals surface area contributed by atoms with E-state index in [2.05, 4.69) is 15.0 Å². The van der Waals surface area contributed by atoms with Crippen molar-refractivity contribution in [1.29, 1.82) is 0 Å². The first-order chi connectivity index (χ1) is 14.0. The highest BCUT2D eigenvalue weighted by molar-refractivity contribution is 5.91.